The highest BCUT2D eigenvalue weighted by atomic mass is 16.5. The summed E-state index contributed by atoms with van der Waals surface area (Å²) in [5.41, 5.74) is 2.16. The summed E-state index contributed by atoms with van der Waals surface area (Å²) >= 11 is 0. The Morgan fingerprint density at radius 2 is 2.05 bits per heavy atom. The van der Waals surface area contributed by atoms with Crippen LogP contribution in [0.4, 0.5) is 0 Å². The maximum atomic E-state index is 10.8. The van der Waals surface area contributed by atoms with Gasteiger partial charge in [-0.1, -0.05) is 12.1 Å². The minimum Gasteiger partial charge on any atom is -0.496 e. The molecule has 0 saturated heterocycles. The maximum absolute atomic E-state index is 10.8. The van der Waals surface area contributed by atoms with Crippen molar-refractivity contribution < 1.29 is 19.4 Å². The number of aliphatic hydroxyl groups excluding tert-OH is 1. The molecule has 0 unspecified atom stereocenters. The SMILES string of the molecule is COc1ccc(C=O)cc1COc1cccc(CO)c1. The summed E-state index contributed by atoms with van der Waals surface area (Å²) in [6.07, 6.45) is 0.787. The molecule has 0 atom stereocenters. The average molecular weight is 272 g/mol. The van der Waals surface area contributed by atoms with Crippen LogP contribution < -0.4 is 9.47 Å². The molecule has 20 heavy (non-hydrogen) atoms. The van der Waals surface area contributed by atoms with Crippen molar-refractivity contribution in [2.24, 2.45) is 0 Å². The Kier molecular flexibility index (Phi) is 4.74. The fourth-order valence-corrected chi connectivity index (χ4v) is 1.88. The first-order chi connectivity index (χ1) is 9.76. The molecule has 0 aliphatic heterocycles. The van der Waals surface area contributed by atoms with Crippen LogP contribution >= 0.6 is 0 Å². The molecule has 0 bridgehead atoms. The van der Waals surface area contributed by atoms with Crippen LogP contribution in [0.3, 0.4) is 0 Å². The minimum atomic E-state index is -0.0266. The second kappa shape index (κ2) is 6.73. The number of aldehydes is 1. The lowest BCUT2D eigenvalue weighted by Crippen LogP contribution is -2.00. The van der Waals surface area contributed by atoms with Gasteiger partial charge in [0.25, 0.3) is 0 Å². The largest absolute Gasteiger partial charge is 0.496 e. The minimum absolute atomic E-state index is 0.0266. The van der Waals surface area contributed by atoms with E-state index in [4.69, 9.17) is 14.6 Å². The van der Waals surface area contributed by atoms with E-state index in [1.807, 2.05) is 18.2 Å². The summed E-state index contributed by atoms with van der Waals surface area (Å²) in [6.45, 7) is 0.265. The zero-order chi connectivity index (χ0) is 14.4. The van der Waals surface area contributed by atoms with Crippen molar-refractivity contribution in [2.45, 2.75) is 13.2 Å². The first-order valence-electron chi connectivity index (χ1n) is 6.21. The summed E-state index contributed by atoms with van der Waals surface area (Å²) in [4.78, 5) is 10.8. The second-order valence-electron chi connectivity index (χ2n) is 4.28. The number of carbonyl (C=O) groups is 1. The highest BCUT2D eigenvalue weighted by molar-refractivity contribution is 5.75. The summed E-state index contributed by atoms with van der Waals surface area (Å²) in [6, 6.07) is 12.4. The van der Waals surface area contributed by atoms with Crippen molar-refractivity contribution in [1.29, 1.82) is 0 Å². The molecule has 0 aromatic heterocycles. The topological polar surface area (TPSA) is 55.8 Å². The van der Waals surface area contributed by atoms with Crippen LogP contribution in [0.1, 0.15) is 21.5 Å². The lowest BCUT2D eigenvalue weighted by Gasteiger charge is -2.11. The summed E-state index contributed by atoms with van der Waals surface area (Å²) in [7, 11) is 1.58. The number of benzene rings is 2. The first-order valence-corrected chi connectivity index (χ1v) is 6.21. The number of aliphatic hydroxyl groups is 1. The Bertz CT molecular complexity index is 593. The van der Waals surface area contributed by atoms with E-state index in [1.54, 1.807) is 31.4 Å². The van der Waals surface area contributed by atoms with Crippen LogP contribution in [0.25, 0.3) is 0 Å². The molecule has 2 aromatic rings. The Balaban J connectivity index is 2.14. The Hall–Kier alpha value is -2.33. The second-order valence-corrected chi connectivity index (χ2v) is 4.28. The van der Waals surface area contributed by atoms with E-state index >= 15 is 0 Å². The van der Waals surface area contributed by atoms with Gasteiger partial charge < -0.3 is 14.6 Å². The van der Waals surface area contributed by atoms with Gasteiger partial charge in [-0.05, 0) is 35.9 Å². The average Bonchev–Trinajstić information content (AvgIpc) is 2.52. The van der Waals surface area contributed by atoms with Crippen LogP contribution in [-0.2, 0) is 13.2 Å². The molecule has 0 amide bonds. The smallest absolute Gasteiger partial charge is 0.150 e. The highest BCUT2D eigenvalue weighted by Gasteiger charge is 2.06. The number of methoxy groups -OCH3 is 1. The van der Waals surface area contributed by atoms with Gasteiger partial charge >= 0.3 is 0 Å². The van der Waals surface area contributed by atoms with Crippen molar-refractivity contribution >= 4 is 6.29 Å². The molecule has 4 nitrogen and oxygen atoms in total. The molecular formula is C16H16O4. The van der Waals surface area contributed by atoms with Gasteiger partial charge in [-0.15, -0.1) is 0 Å². The molecule has 1 N–H and O–H groups in total. The standard InChI is InChI=1S/C16H16O4/c1-19-16-6-5-13(10-18)7-14(16)11-20-15-4-2-3-12(8-15)9-17/h2-8,10,17H,9,11H2,1H3. The molecule has 0 radical (unpaired) electrons. The first kappa shape index (κ1) is 14.1. The third-order valence-electron chi connectivity index (χ3n) is 2.92. The van der Waals surface area contributed by atoms with Gasteiger partial charge in [0.2, 0.25) is 0 Å². The van der Waals surface area contributed by atoms with Gasteiger partial charge in [-0.3, -0.25) is 4.79 Å². The number of carbonyl (C=O) groups excluding carboxylic acids is 1. The molecule has 104 valence electrons. The fraction of sp³-hybridized carbons (Fsp3) is 0.188. The van der Waals surface area contributed by atoms with Gasteiger partial charge in [-0.2, -0.15) is 0 Å². The van der Waals surface area contributed by atoms with E-state index in [9.17, 15) is 4.79 Å². The Morgan fingerprint density at radius 1 is 1.20 bits per heavy atom. The Morgan fingerprint density at radius 3 is 2.75 bits per heavy atom. The maximum Gasteiger partial charge on any atom is 0.150 e. The van der Waals surface area contributed by atoms with Crippen LogP contribution in [0.15, 0.2) is 42.5 Å². The summed E-state index contributed by atoms with van der Waals surface area (Å²) < 4.78 is 10.9. The molecule has 0 aliphatic carbocycles. The highest BCUT2D eigenvalue weighted by Crippen LogP contribution is 2.22. The third-order valence-corrected chi connectivity index (χ3v) is 2.92. The summed E-state index contributed by atoms with van der Waals surface area (Å²) in [5.74, 6) is 1.34. The van der Waals surface area contributed by atoms with Crippen LogP contribution in [0.2, 0.25) is 0 Å². The number of rotatable bonds is 6. The van der Waals surface area contributed by atoms with Crippen LogP contribution in [0.5, 0.6) is 11.5 Å². The quantitative estimate of drug-likeness (QED) is 0.821. The zero-order valence-electron chi connectivity index (χ0n) is 11.2. The monoisotopic (exact) mass is 272 g/mol. The third kappa shape index (κ3) is 3.36. The normalized spacial score (nSPS) is 10.1. The van der Waals surface area contributed by atoms with Crippen molar-refractivity contribution in [3.63, 3.8) is 0 Å². The van der Waals surface area contributed by atoms with E-state index < -0.39 is 0 Å². The molecule has 0 fully saturated rings. The van der Waals surface area contributed by atoms with Crippen molar-refractivity contribution in [2.75, 3.05) is 7.11 Å². The van der Waals surface area contributed by atoms with Crippen molar-refractivity contribution in [1.82, 2.24) is 0 Å². The molecule has 4 heteroatoms. The van der Waals surface area contributed by atoms with E-state index in [0.717, 1.165) is 17.4 Å². The predicted octanol–water partition coefficient (Wildman–Crippen LogP) is 2.58. The van der Waals surface area contributed by atoms with Crippen LogP contribution in [0, 0.1) is 0 Å². The molecule has 2 aromatic carbocycles. The number of hydrogen-bond acceptors (Lipinski definition) is 4. The van der Waals surface area contributed by atoms with Crippen molar-refractivity contribution in [3.8, 4) is 11.5 Å². The lowest BCUT2D eigenvalue weighted by atomic mass is 10.1. The van der Waals surface area contributed by atoms with Gasteiger partial charge in [-0.25, -0.2) is 0 Å². The van der Waals surface area contributed by atoms with Gasteiger partial charge in [0.15, 0.2) is 0 Å². The van der Waals surface area contributed by atoms with E-state index in [2.05, 4.69) is 0 Å². The fourth-order valence-electron chi connectivity index (χ4n) is 1.88. The van der Waals surface area contributed by atoms with E-state index in [0.29, 0.717) is 23.7 Å². The van der Waals surface area contributed by atoms with Gasteiger partial charge in [0.05, 0.1) is 13.7 Å². The van der Waals surface area contributed by atoms with Crippen molar-refractivity contribution in [3.05, 3.63) is 59.2 Å². The lowest BCUT2D eigenvalue weighted by molar-refractivity contribution is 0.112. The van der Waals surface area contributed by atoms with E-state index in [-0.39, 0.29) is 6.61 Å². The molecule has 0 aliphatic rings. The number of hydrogen-bond donors (Lipinski definition) is 1. The van der Waals surface area contributed by atoms with Gasteiger partial charge in [0.1, 0.15) is 24.4 Å². The zero-order valence-corrected chi connectivity index (χ0v) is 11.2. The Labute approximate surface area is 117 Å². The predicted molar refractivity (Wildman–Crippen MR) is 75.1 cm³/mol. The molecule has 0 saturated carbocycles. The van der Waals surface area contributed by atoms with Crippen LogP contribution in [-0.4, -0.2) is 18.5 Å². The molecule has 0 spiro atoms. The molecule has 0 heterocycles. The molecular weight excluding hydrogens is 256 g/mol. The molecule has 2 rings (SSSR count). The number of ether oxygens (including phenoxy) is 2. The summed E-state index contributed by atoms with van der Waals surface area (Å²) in [5, 5.41) is 9.08. The van der Waals surface area contributed by atoms with Gasteiger partial charge in [0, 0.05) is 11.1 Å². The van der Waals surface area contributed by atoms with E-state index in [1.165, 1.54) is 0 Å².